The number of carboxylic acids is 1. The number of hydrogen-bond acceptors (Lipinski definition) is 3. The molecule has 0 atom stereocenters. The number of aliphatic carboxylic acids is 1. The van der Waals surface area contributed by atoms with Gasteiger partial charge in [-0.15, -0.1) is 0 Å². The summed E-state index contributed by atoms with van der Waals surface area (Å²) in [5.74, 6) is -0.616. The monoisotopic (exact) mass is 286 g/mol. The van der Waals surface area contributed by atoms with Crippen molar-refractivity contribution in [2.45, 2.75) is 57.8 Å². The minimum absolute atomic E-state index is 0. The first-order chi connectivity index (χ1) is 9.18. The van der Waals surface area contributed by atoms with Crippen LogP contribution in [0.2, 0.25) is 0 Å². The summed E-state index contributed by atoms with van der Waals surface area (Å²) in [6.45, 7) is 0. The number of phenols is 1. The van der Waals surface area contributed by atoms with Crippen LogP contribution in [0.15, 0.2) is 24.3 Å². The van der Waals surface area contributed by atoms with Crippen LogP contribution in [0, 0.1) is 0 Å². The molecule has 0 unspecified atom stereocenters. The molecule has 0 bridgehead atoms. The van der Waals surface area contributed by atoms with Gasteiger partial charge in [-0.1, -0.05) is 44.2 Å². The molecular weight excluding hydrogens is 263 g/mol. The van der Waals surface area contributed by atoms with Gasteiger partial charge in [0.2, 0.25) is 0 Å². The summed E-state index contributed by atoms with van der Waals surface area (Å²) < 4.78 is 0. The minimum atomic E-state index is -0.936. The Kier molecular flexibility index (Phi) is 11.9. The van der Waals surface area contributed by atoms with Crippen molar-refractivity contribution >= 4 is 5.97 Å². The molecule has 0 aliphatic rings. The molecule has 106 valence electrons. The van der Waals surface area contributed by atoms with E-state index in [4.69, 9.17) is 5.11 Å². The van der Waals surface area contributed by atoms with E-state index in [1.807, 2.05) is 12.1 Å². The molecule has 1 aromatic rings. The summed E-state index contributed by atoms with van der Waals surface area (Å²) in [6, 6.07) is 7.39. The van der Waals surface area contributed by atoms with E-state index in [1.54, 1.807) is 12.1 Å². The third-order valence-corrected chi connectivity index (χ3v) is 3.28. The molecule has 1 rings (SSSR count). The fourth-order valence-corrected chi connectivity index (χ4v) is 2.14. The summed E-state index contributed by atoms with van der Waals surface area (Å²) in [6.07, 6.45) is 8.89. The van der Waals surface area contributed by atoms with Gasteiger partial charge in [0, 0.05) is 5.97 Å². The second kappa shape index (κ2) is 12.2. The van der Waals surface area contributed by atoms with E-state index in [0.29, 0.717) is 5.75 Å². The van der Waals surface area contributed by atoms with Crippen molar-refractivity contribution in [3.8, 4) is 5.75 Å². The SMILES string of the molecule is O=C([O-])CCCCCCCCCc1ccc(O)cc1.[Na+]. The number of carboxylic acid groups (broad SMARTS) is 1. The standard InChI is InChI=1S/C16H24O3.Na/c17-15-12-10-14(11-13-15)8-6-4-2-1-3-5-7-9-16(18)19;/h10-13,17H,1-9H2,(H,18,19);/q;+1/p-1. The van der Waals surface area contributed by atoms with E-state index >= 15 is 0 Å². The molecule has 1 aromatic carbocycles. The molecule has 0 aliphatic heterocycles. The number of unbranched alkanes of at least 4 members (excludes halogenated alkanes) is 6. The van der Waals surface area contributed by atoms with E-state index < -0.39 is 5.97 Å². The van der Waals surface area contributed by atoms with Gasteiger partial charge in [-0.05, 0) is 43.4 Å². The third kappa shape index (κ3) is 10.3. The first-order valence-electron chi connectivity index (χ1n) is 7.16. The van der Waals surface area contributed by atoms with Crippen LogP contribution >= 0.6 is 0 Å². The second-order valence-corrected chi connectivity index (χ2v) is 5.01. The number of aromatic hydroxyl groups is 1. The molecule has 0 saturated heterocycles. The summed E-state index contributed by atoms with van der Waals surface area (Å²) in [5, 5.41) is 19.4. The maximum absolute atomic E-state index is 10.2. The predicted molar refractivity (Wildman–Crippen MR) is 73.8 cm³/mol. The first-order valence-corrected chi connectivity index (χ1v) is 7.16. The van der Waals surface area contributed by atoms with Gasteiger partial charge in [-0.3, -0.25) is 0 Å². The van der Waals surface area contributed by atoms with Crippen LogP contribution in [0.4, 0.5) is 0 Å². The van der Waals surface area contributed by atoms with Crippen molar-refractivity contribution < 1.29 is 44.6 Å². The van der Waals surface area contributed by atoms with Crippen molar-refractivity contribution in [2.75, 3.05) is 0 Å². The summed E-state index contributed by atoms with van der Waals surface area (Å²) >= 11 is 0. The first kappa shape index (κ1) is 19.5. The summed E-state index contributed by atoms with van der Waals surface area (Å²) in [7, 11) is 0. The van der Waals surface area contributed by atoms with Gasteiger partial charge in [0.1, 0.15) is 5.75 Å². The summed E-state index contributed by atoms with van der Waals surface area (Å²) in [4.78, 5) is 10.2. The number of hydrogen-bond donors (Lipinski definition) is 1. The fourth-order valence-electron chi connectivity index (χ4n) is 2.14. The van der Waals surface area contributed by atoms with Crippen LogP contribution in [-0.4, -0.2) is 11.1 Å². The van der Waals surface area contributed by atoms with E-state index in [1.165, 1.54) is 31.2 Å². The topological polar surface area (TPSA) is 60.4 Å². The van der Waals surface area contributed by atoms with Crippen molar-refractivity contribution in [3.05, 3.63) is 29.8 Å². The van der Waals surface area contributed by atoms with Gasteiger partial charge >= 0.3 is 29.6 Å². The Bertz CT molecular complexity index is 362. The molecule has 4 heteroatoms. The maximum atomic E-state index is 10.2. The van der Waals surface area contributed by atoms with Crippen LogP contribution in [0.5, 0.6) is 5.75 Å². The molecule has 0 saturated carbocycles. The molecule has 0 aliphatic carbocycles. The van der Waals surface area contributed by atoms with Crippen LogP contribution in [-0.2, 0) is 11.2 Å². The van der Waals surface area contributed by atoms with E-state index in [-0.39, 0.29) is 36.0 Å². The zero-order valence-corrected chi connectivity index (χ0v) is 14.4. The Morgan fingerprint density at radius 2 is 1.40 bits per heavy atom. The van der Waals surface area contributed by atoms with Gasteiger partial charge in [0.25, 0.3) is 0 Å². The number of benzene rings is 1. The van der Waals surface area contributed by atoms with Gasteiger partial charge in [0.05, 0.1) is 0 Å². The number of rotatable bonds is 10. The number of carbonyl (C=O) groups is 1. The van der Waals surface area contributed by atoms with Crippen LogP contribution in [0.1, 0.15) is 56.9 Å². The van der Waals surface area contributed by atoms with Gasteiger partial charge < -0.3 is 15.0 Å². The minimum Gasteiger partial charge on any atom is -0.550 e. The Hall–Kier alpha value is -0.510. The number of carbonyl (C=O) groups excluding carboxylic acids is 1. The number of aryl methyl sites for hydroxylation is 1. The van der Waals surface area contributed by atoms with Crippen LogP contribution in [0.25, 0.3) is 0 Å². The average Bonchev–Trinajstić information content (AvgIpc) is 2.38. The molecule has 0 radical (unpaired) electrons. The van der Waals surface area contributed by atoms with Crippen LogP contribution in [0.3, 0.4) is 0 Å². The fraction of sp³-hybridized carbons (Fsp3) is 0.562. The molecule has 1 N–H and O–H groups in total. The van der Waals surface area contributed by atoms with Crippen molar-refractivity contribution in [2.24, 2.45) is 0 Å². The van der Waals surface area contributed by atoms with E-state index in [0.717, 1.165) is 25.7 Å². The predicted octanol–water partition coefficient (Wildman–Crippen LogP) is -0.191. The van der Waals surface area contributed by atoms with Gasteiger partial charge in [0.15, 0.2) is 0 Å². The largest absolute Gasteiger partial charge is 1.00 e. The smallest absolute Gasteiger partial charge is 0.550 e. The van der Waals surface area contributed by atoms with Crippen molar-refractivity contribution in [1.29, 1.82) is 0 Å². The molecule has 3 nitrogen and oxygen atoms in total. The van der Waals surface area contributed by atoms with Crippen molar-refractivity contribution in [1.82, 2.24) is 0 Å². The molecular formula is C16H23NaO3. The number of phenolic OH excluding ortho intramolecular Hbond substituents is 1. The Balaban J connectivity index is 0.00000361. The Morgan fingerprint density at radius 3 is 1.95 bits per heavy atom. The molecule has 0 heterocycles. The Morgan fingerprint density at radius 1 is 0.900 bits per heavy atom. The zero-order chi connectivity index (χ0) is 13.9. The summed E-state index contributed by atoms with van der Waals surface area (Å²) in [5.41, 5.74) is 1.27. The van der Waals surface area contributed by atoms with Gasteiger partial charge in [-0.25, -0.2) is 0 Å². The molecule has 0 aromatic heterocycles. The molecule has 0 fully saturated rings. The zero-order valence-electron chi connectivity index (χ0n) is 12.4. The molecule has 0 amide bonds. The quantitative estimate of drug-likeness (QED) is 0.479. The third-order valence-electron chi connectivity index (χ3n) is 3.28. The normalized spacial score (nSPS) is 10.0. The molecule has 20 heavy (non-hydrogen) atoms. The maximum Gasteiger partial charge on any atom is 1.00 e. The van der Waals surface area contributed by atoms with Crippen molar-refractivity contribution in [3.63, 3.8) is 0 Å². The average molecular weight is 286 g/mol. The van der Waals surface area contributed by atoms with Gasteiger partial charge in [-0.2, -0.15) is 0 Å². The van der Waals surface area contributed by atoms with Crippen LogP contribution < -0.4 is 34.7 Å². The van der Waals surface area contributed by atoms with E-state index in [9.17, 15) is 9.90 Å². The second-order valence-electron chi connectivity index (χ2n) is 5.01. The Labute approximate surface area is 143 Å². The molecule has 0 spiro atoms. The van der Waals surface area contributed by atoms with E-state index in [2.05, 4.69) is 0 Å².